The van der Waals surface area contributed by atoms with Gasteiger partial charge in [-0.05, 0) is 22.3 Å². The first kappa shape index (κ1) is 26.2. The van der Waals surface area contributed by atoms with E-state index in [-0.39, 0.29) is 10.6 Å². The van der Waals surface area contributed by atoms with Crippen LogP contribution in [-0.4, -0.2) is 4.92 Å². The maximum atomic E-state index is 12.2. The molecule has 0 bridgehead atoms. The van der Waals surface area contributed by atoms with Crippen LogP contribution in [0.25, 0.3) is 0 Å². The Morgan fingerprint density at radius 2 is 1.13 bits per heavy atom. The molecule has 0 saturated heterocycles. The van der Waals surface area contributed by atoms with Crippen LogP contribution in [0.5, 0.6) is 0 Å². The molecule has 5 aromatic rings. The molecule has 0 radical (unpaired) electrons. The predicted octanol–water partition coefficient (Wildman–Crippen LogP) is 7.94. The lowest BCUT2D eigenvalue weighted by atomic mass is 9.76. The molecule has 0 aliphatic heterocycles. The third-order valence-electron chi connectivity index (χ3n) is 6.81. The van der Waals surface area contributed by atoms with Gasteiger partial charge in [-0.1, -0.05) is 133 Å². The fraction of sp³-hybridized carbons (Fsp3) is 0.0909. The summed E-state index contributed by atoms with van der Waals surface area (Å²) in [5.74, 6) is 0. The highest BCUT2D eigenvalue weighted by atomic mass is 35.5. The molecule has 194 valence electrons. The van der Waals surface area contributed by atoms with E-state index >= 15 is 0 Å². The minimum atomic E-state index is -0.982. The minimum Gasteiger partial charge on any atom is -0.380 e. The molecule has 0 spiro atoms. The summed E-state index contributed by atoms with van der Waals surface area (Å²) in [6.07, 6.45) is 0. The molecule has 6 heteroatoms. The summed E-state index contributed by atoms with van der Waals surface area (Å²) < 4.78 is 0. The van der Waals surface area contributed by atoms with E-state index in [1.54, 1.807) is 6.07 Å². The maximum Gasteiger partial charge on any atom is 0.271 e. The van der Waals surface area contributed by atoms with Gasteiger partial charge >= 0.3 is 0 Å². The van der Waals surface area contributed by atoms with E-state index in [4.69, 9.17) is 11.6 Å². The van der Waals surface area contributed by atoms with Crippen molar-refractivity contribution < 1.29 is 4.92 Å². The standard InChI is InChI=1S/C33H28ClN3O2/c34-32-30(21-29(37(38)39)22-31(32)35-23-25-13-5-1-6-14-25)33(27-17-9-3-10-18-27,28-19-11-4-12-20-28)36-24-26-15-7-2-8-16-26/h1-22,35-36H,23-24H2. The number of anilines is 1. The third kappa shape index (κ3) is 5.70. The monoisotopic (exact) mass is 533 g/mol. The minimum absolute atomic E-state index is 0.0392. The lowest BCUT2D eigenvalue weighted by Gasteiger charge is -2.38. The van der Waals surface area contributed by atoms with E-state index in [9.17, 15) is 10.1 Å². The first-order chi connectivity index (χ1) is 19.1. The molecule has 0 aliphatic rings. The van der Waals surface area contributed by atoms with Crippen molar-refractivity contribution in [2.24, 2.45) is 0 Å². The average molecular weight is 534 g/mol. The van der Waals surface area contributed by atoms with E-state index < -0.39 is 5.54 Å². The quantitative estimate of drug-likeness (QED) is 0.109. The Balaban J connectivity index is 1.72. The van der Waals surface area contributed by atoms with Crippen LogP contribution in [-0.2, 0) is 18.6 Å². The number of nitrogens with one attached hydrogen (secondary N) is 2. The van der Waals surface area contributed by atoms with Gasteiger partial charge in [0, 0.05) is 30.8 Å². The van der Waals surface area contributed by atoms with Gasteiger partial charge in [-0.25, -0.2) is 0 Å². The smallest absolute Gasteiger partial charge is 0.271 e. The normalized spacial score (nSPS) is 11.2. The summed E-state index contributed by atoms with van der Waals surface area (Å²) >= 11 is 7.19. The van der Waals surface area contributed by atoms with Gasteiger partial charge in [0.1, 0.15) is 0 Å². The van der Waals surface area contributed by atoms with Crippen molar-refractivity contribution in [2.75, 3.05) is 5.32 Å². The average Bonchev–Trinajstić information content (AvgIpc) is 2.99. The summed E-state index contributed by atoms with van der Waals surface area (Å²) in [6, 6.07) is 42.9. The zero-order chi connectivity index (χ0) is 27.1. The number of halogens is 1. The van der Waals surface area contributed by atoms with Gasteiger partial charge < -0.3 is 5.32 Å². The Kier molecular flexibility index (Phi) is 8.02. The van der Waals surface area contributed by atoms with Crippen LogP contribution in [0.1, 0.15) is 27.8 Å². The van der Waals surface area contributed by atoms with E-state index in [1.165, 1.54) is 6.07 Å². The van der Waals surface area contributed by atoms with Crippen molar-refractivity contribution in [3.63, 3.8) is 0 Å². The number of nitrogens with zero attached hydrogens (tertiary/aromatic N) is 1. The molecule has 0 amide bonds. The van der Waals surface area contributed by atoms with E-state index in [0.29, 0.717) is 29.4 Å². The first-order valence-corrected chi connectivity index (χ1v) is 13.1. The molecular weight excluding hydrogens is 506 g/mol. The molecule has 5 rings (SSSR count). The molecule has 0 heterocycles. The van der Waals surface area contributed by atoms with Crippen LogP contribution in [0.2, 0.25) is 5.02 Å². The topological polar surface area (TPSA) is 67.2 Å². The van der Waals surface area contributed by atoms with Crippen LogP contribution < -0.4 is 10.6 Å². The molecule has 0 atom stereocenters. The fourth-order valence-corrected chi connectivity index (χ4v) is 5.21. The van der Waals surface area contributed by atoms with E-state index in [2.05, 4.69) is 22.8 Å². The lowest BCUT2D eigenvalue weighted by Crippen LogP contribution is -2.44. The number of benzene rings is 5. The van der Waals surface area contributed by atoms with Gasteiger partial charge in [0.05, 0.1) is 21.2 Å². The predicted molar refractivity (Wildman–Crippen MR) is 158 cm³/mol. The summed E-state index contributed by atoms with van der Waals surface area (Å²) in [5, 5.41) is 19.7. The van der Waals surface area contributed by atoms with Crippen LogP contribution in [0.15, 0.2) is 133 Å². The second-order valence-electron chi connectivity index (χ2n) is 9.27. The Bertz CT molecular complexity index is 1490. The number of hydrogen-bond donors (Lipinski definition) is 2. The van der Waals surface area contributed by atoms with E-state index in [0.717, 1.165) is 22.3 Å². The molecule has 5 nitrogen and oxygen atoms in total. The van der Waals surface area contributed by atoms with Gasteiger partial charge in [0.2, 0.25) is 0 Å². The van der Waals surface area contributed by atoms with Crippen molar-refractivity contribution in [1.29, 1.82) is 0 Å². The molecule has 0 aromatic heterocycles. The molecule has 0 fully saturated rings. The molecule has 0 aliphatic carbocycles. The fourth-order valence-electron chi connectivity index (χ4n) is 4.89. The van der Waals surface area contributed by atoms with Gasteiger partial charge in [-0.3, -0.25) is 15.4 Å². The number of non-ortho nitro benzene ring substituents is 1. The first-order valence-electron chi connectivity index (χ1n) is 12.7. The van der Waals surface area contributed by atoms with Crippen molar-refractivity contribution in [2.45, 2.75) is 18.6 Å². The van der Waals surface area contributed by atoms with Gasteiger partial charge in [-0.2, -0.15) is 0 Å². The number of rotatable bonds is 10. The van der Waals surface area contributed by atoms with Crippen LogP contribution in [0.3, 0.4) is 0 Å². The van der Waals surface area contributed by atoms with Crippen LogP contribution in [0, 0.1) is 10.1 Å². The highest BCUT2D eigenvalue weighted by Crippen LogP contribution is 2.45. The van der Waals surface area contributed by atoms with Crippen molar-refractivity contribution >= 4 is 23.0 Å². The summed E-state index contributed by atoms with van der Waals surface area (Å²) in [4.78, 5) is 11.8. The molecule has 0 saturated carbocycles. The second kappa shape index (κ2) is 11.9. The molecule has 39 heavy (non-hydrogen) atoms. The SMILES string of the molecule is O=[N+]([O-])c1cc(NCc2ccccc2)c(Cl)c(C(NCc2ccccc2)(c2ccccc2)c2ccccc2)c1. The Morgan fingerprint density at radius 1 is 0.667 bits per heavy atom. The van der Waals surface area contributed by atoms with Crippen molar-refractivity contribution in [3.8, 4) is 0 Å². The molecule has 5 aromatic carbocycles. The number of nitro benzene ring substituents is 1. The molecule has 2 N–H and O–H groups in total. The largest absolute Gasteiger partial charge is 0.380 e. The lowest BCUT2D eigenvalue weighted by molar-refractivity contribution is -0.384. The van der Waals surface area contributed by atoms with Crippen molar-refractivity contribution in [1.82, 2.24) is 5.32 Å². The summed E-state index contributed by atoms with van der Waals surface area (Å²) in [7, 11) is 0. The zero-order valence-electron chi connectivity index (χ0n) is 21.3. The Morgan fingerprint density at radius 3 is 1.62 bits per heavy atom. The van der Waals surface area contributed by atoms with Crippen molar-refractivity contribution in [3.05, 3.63) is 176 Å². The van der Waals surface area contributed by atoms with E-state index in [1.807, 2.05) is 109 Å². The van der Waals surface area contributed by atoms with Gasteiger partial charge in [0.15, 0.2) is 0 Å². The Labute approximate surface area is 233 Å². The second-order valence-corrected chi connectivity index (χ2v) is 9.65. The summed E-state index contributed by atoms with van der Waals surface area (Å²) in [6.45, 7) is 0.985. The van der Waals surface area contributed by atoms with Gasteiger partial charge in [-0.15, -0.1) is 0 Å². The molecule has 0 unspecified atom stereocenters. The number of hydrogen-bond acceptors (Lipinski definition) is 4. The van der Waals surface area contributed by atoms with Gasteiger partial charge in [0.25, 0.3) is 5.69 Å². The Hall–Kier alpha value is -4.45. The number of nitro groups is 1. The highest BCUT2D eigenvalue weighted by Gasteiger charge is 2.39. The molecular formula is C33H28ClN3O2. The highest BCUT2D eigenvalue weighted by molar-refractivity contribution is 6.34. The zero-order valence-corrected chi connectivity index (χ0v) is 22.0. The third-order valence-corrected chi connectivity index (χ3v) is 7.22. The van der Waals surface area contributed by atoms with Crippen LogP contribution >= 0.6 is 11.6 Å². The maximum absolute atomic E-state index is 12.2. The summed E-state index contributed by atoms with van der Waals surface area (Å²) in [5.41, 5.74) is 4.04. The van der Waals surface area contributed by atoms with Crippen LogP contribution in [0.4, 0.5) is 11.4 Å².